The van der Waals surface area contributed by atoms with Gasteiger partial charge in [0, 0.05) is 6.04 Å². The summed E-state index contributed by atoms with van der Waals surface area (Å²) in [6.45, 7) is 10.3. The van der Waals surface area contributed by atoms with Gasteiger partial charge in [-0.15, -0.1) is 0 Å². The van der Waals surface area contributed by atoms with Crippen molar-refractivity contribution in [2.75, 3.05) is 7.11 Å². The Morgan fingerprint density at radius 1 is 1.21 bits per heavy atom. The number of aliphatic hydroxyl groups excluding tert-OH is 1. The van der Waals surface area contributed by atoms with Gasteiger partial charge in [-0.1, -0.05) is 6.92 Å². The number of rotatable bonds is 5. The summed E-state index contributed by atoms with van der Waals surface area (Å²) in [5.41, 5.74) is 10.7. The summed E-state index contributed by atoms with van der Waals surface area (Å²) in [5, 5.41) is 9.96. The van der Waals surface area contributed by atoms with E-state index >= 15 is 0 Å². The maximum Gasteiger partial charge on any atom is 0.122 e. The van der Waals surface area contributed by atoms with Crippen LogP contribution in [0, 0.1) is 20.8 Å². The summed E-state index contributed by atoms with van der Waals surface area (Å²) < 4.78 is 5.39. The Kier molecular flexibility index (Phi) is 5.39. The molecule has 3 heteroatoms. The van der Waals surface area contributed by atoms with Crippen molar-refractivity contribution in [3.05, 3.63) is 28.3 Å². The average molecular weight is 265 g/mol. The van der Waals surface area contributed by atoms with Gasteiger partial charge in [0.1, 0.15) is 5.75 Å². The minimum Gasteiger partial charge on any atom is -0.496 e. The first-order valence-corrected chi connectivity index (χ1v) is 6.87. The standard InChI is InChI=1S/C16H27NO2/c1-9(7-14(18)13(5)17)16-10(2)8-15(19-6)11(3)12(16)4/h8-9,13-14,18H,7,17H2,1-6H3. The van der Waals surface area contributed by atoms with E-state index in [4.69, 9.17) is 10.5 Å². The van der Waals surface area contributed by atoms with E-state index in [-0.39, 0.29) is 12.0 Å². The van der Waals surface area contributed by atoms with Crippen LogP contribution in [0.15, 0.2) is 6.07 Å². The maximum atomic E-state index is 9.96. The molecule has 0 spiro atoms. The van der Waals surface area contributed by atoms with Crippen molar-refractivity contribution in [2.45, 2.75) is 59.1 Å². The van der Waals surface area contributed by atoms with E-state index in [1.807, 2.05) is 6.92 Å². The lowest BCUT2D eigenvalue weighted by atomic mass is 9.85. The van der Waals surface area contributed by atoms with Crippen molar-refractivity contribution in [3.63, 3.8) is 0 Å². The van der Waals surface area contributed by atoms with Gasteiger partial charge in [-0.05, 0) is 68.4 Å². The molecule has 0 saturated carbocycles. The smallest absolute Gasteiger partial charge is 0.122 e. The summed E-state index contributed by atoms with van der Waals surface area (Å²) in [5.74, 6) is 1.21. The molecule has 0 aliphatic rings. The van der Waals surface area contributed by atoms with Gasteiger partial charge >= 0.3 is 0 Å². The third kappa shape index (κ3) is 3.48. The predicted molar refractivity (Wildman–Crippen MR) is 79.9 cm³/mol. The van der Waals surface area contributed by atoms with Crippen molar-refractivity contribution in [3.8, 4) is 5.75 Å². The Labute approximate surface area is 116 Å². The highest BCUT2D eigenvalue weighted by Crippen LogP contribution is 2.34. The van der Waals surface area contributed by atoms with Crippen molar-refractivity contribution in [1.29, 1.82) is 0 Å². The average Bonchev–Trinajstić information content (AvgIpc) is 2.33. The molecule has 0 amide bonds. The van der Waals surface area contributed by atoms with E-state index < -0.39 is 6.10 Å². The highest BCUT2D eigenvalue weighted by atomic mass is 16.5. The summed E-state index contributed by atoms with van der Waals surface area (Å²) in [4.78, 5) is 0. The van der Waals surface area contributed by atoms with Gasteiger partial charge in [0.25, 0.3) is 0 Å². The Morgan fingerprint density at radius 2 is 1.79 bits per heavy atom. The van der Waals surface area contributed by atoms with E-state index in [0.29, 0.717) is 6.42 Å². The Bertz CT molecular complexity index is 441. The molecule has 0 radical (unpaired) electrons. The zero-order valence-electron chi connectivity index (χ0n) is 12.9. The minimum atomic E-state index is -0.462. The van der Waals surface area contributed by atoms with Crippen LogP contribution in [0.2, 0.25) is 0 Å². The topological polar surface area (TPSA) is 55.5 Å². The normalized spacial score (nSPS) is 16.0. The number of benzene rings is 1. The van der Waals surface area contributed by atoms with Crippen molar-refractivity contribution in [1.82, 2.24) is 0 Å². The number of nitrogens with two attached hydrogens (primary N) is 1. The zero-order chi connectivity index (χ0) is 14.7. The molecule has 1 aromatic carbocycles. The van der Waals surface area contributed by atoms with E-state index in [2.05, 4.69) is 33.8 Å². The van der Waals surface area contributed by atoms with E-state index in [1.165, 1.54) is 22.3 Å². The van der Waals surface area contributed by atoms with Gasteiger partial charge in [-0.3, -0.25) is 0 Å². The van der Waals surface area contributed by atoms with Gasteiger partial charge in [0.15, 0.2) is 0 Å². The molecule has 108 valence electrons. The largest absolute Gasteiger partial charge is 0.496 e. The third-order valence-electron chi connectivity index (χ3n) is 4.02. The molecule has 3 atom stereocenters. The molecular weight excluding hydrogens is 238 g/mol. The molecule has 0 aromatic heterocycles. The lowest BCUT2D eigenvalue weighted by Gasteiger charge is -2.24. The van der Waals surface area contributed by atoms with Crippen LogP contribution in [-0.4, -0.2) is 24.4 Å². The lowest BCUT2D eigenvalue weighted by molar-refractivity contribution is 0.134. The number of ether oxygens (including phenoxy) is 1. The molecule has 3 unspecified atom stereocenters. The second-order valence-corrected chi connectivity index (χ2v) is 5.62. The Hall–Kier alpha value is -1.06. The van der Waals surface area contributed by atoms with Crippen LogP contribution in [0.1, 0.15) is 48.4 Å². The predicted octanol–water partition coefficient (Wildman–Crippen LogP) is 2.82. The van der Waals surface area contributed by atoms with Crippen molar-refractivity contribution >= 4 is 0 Å². The number of hydrogen-bond acceptors (Lipinski definition) is 3. The number of aliphatic hydroxyl groups is 1. The number of hydrogen-bond donors (Lipinski definition) is 2. The molecule has 19 heavy (non-hydrogen) atoms. The van der Waals surface area contributed by atoms with Gasteiger partial charge in [0.2, 0.25) is 0 Å². The first kappa shape index (κ1) is 16.0. The summed E-state index contributed by atoms with van der Waals surface area (Å²) in [6.07, 6.45) is 0.224. The van der Waals surface area contributed by atoms with Crippen molar-refractivity contribution < 1.29 is 9.84 Å². The Morgan fingerprint density at radius 3 is 2.26 bits per heavy atom. The Balaban J connectivity index is 3.10. The van der Waals surface area contributed by atoms with Crippen LogP contribution in [0.25, 0.3) is 0 Å². The molecule has 0 bridgehead atoms. The quantitative estimate of drug-likeness (QED) is 0.860. The summed E-state index contributed by atoms with van der Waals surface area (Å²) in [7, 11) is 1.70. The molecule has 1 aromatic rings. The zero-order valence-corrected chi connectivity index (χ0v) is 12.9. The second kappa shape index (κ2) is 6.40. The molecule has 0 aliphatic heterocycles. The number of aryl methyl sites for hydroxylation is 1. The van der Waals surface area contributed by atoms with Gasteiger partial charge < -0.3 is 15.6 Å². The van der Waals surface area contributed by atoms with Crippen LogP contribution in [-0.2, 0) is 0 Å². The summed E-state index contributed by atoms with van der Waals surface area (Å²) in [6, 6.07) is 1.88. The van der Waals surface area contributed by atoms with Crippen LogP contribution < -0.4 is 10.5 Å². The fourth-order valence-corrected chi connectivity index (χ4v) is 2.73. The molecule has 3 N–H and O–H groups in total. The van der Waals surface area contributed by atoms with Crippen LogP contribution >= 0.6 is 0 Å². The molecule has 1 rings (SSSR count). The number of methoxy groups -OCH3 is 1. The minimum absolute atomic E-state index is 0.192. The molecule has 0 heterocycles. The molecule has 3 nitrogen and oxygen atoms in total. The van der Waals surface area contributed by atoms with Gasteiger partial charge in [-0.25, -0.2) is 0 Å². The van der Waals surface area contributed by atoms with Crippen LogP contribution in [0.3, 0.4) is 0 Å². The second-order valence-electron chi connectivity index (χ2n) is 5.62. The van der Waals surface area contributed by atoms with E-state index in [1.54, 1.807) is 7.11 Å². The lowest BCUT2D eigenvalue weighted by Crippen LogP contribution is -2.32. The molecular formula is C16H27NO2. The first-order valence-electron chi connectivity index (χ1n) is 6.87. The summed E-state index contributed by atoms with van der Waals surface area (Å²) >= 11 is 0. The van der Waals surface area contributed by atoms with Gasteiger partial charge in [0.05, 0.1) is 13.2 Å². The fraction of sp³-hybridized carbons (Fsp3) is 0.625. The van der Waals surface area contributed by atoms with Crippen molar-refractivity contribution in [2.24, 2.45) is 5.73 Å². The van der Waals surface area contributed by atoms with Crippen LogP contribution in [0.5, 0.6) is 5.75 Å². The highest BCUT2D eigenvalue weighted by molar-refractivity contribution is 5.49. The van der Waals surface area contributed by atoms with Gasteiger partial charge in [-0.2, -0.15) is 0 Å². The first-order chi connectivity index (χ1) is 8.79. The monoisotopic (exact) mass is 265 g/mol. The van der Waals surface area contributed by atoms with E-state index in [0.717, 1.165) is 5.75 Å². The highest BCUT2D eigenvalue weighted by Gasteiger charge is 2.20. The maximum absolute atomic E-state index is 9.96. The fourth-order valence-electron chi connectivity index (χ4n) is 2.73. The molecule has 0 fully saturated rings. The van der Waals surface area contributed by atoms with E-state index in [9.17, 15) is 5.11 Å². The molecule has 0 saturated heterocycles. The molecule has 0 aliphatic carbocycles. The third-order valence-corrected chi connectivity index (χ3v) is 4.02. The van der Waals surface area contributed by atoms with Crippen LogP contribution in [0.4, 0.5) is 0 Å². The SMILES string of the molecule is COc1cc(C)c(C(C)CC(O)C(C)N)c(C)c1C.